The first-order valence-electron chi connectivity index (χ1n) is 6.25. The number of nitrogens with one attached hydrogen (secondary N) is 1. The maximum atomic E-state index is 11.6. The molecule has 1 aromatic rings. The topological polar surface area (TPSA) is 58.6 Å². The summed E-state index contributed by atoms with van der Waals surface area (Å²) in [5.74, 6) is 5.35. The van der Waals surface area contributed by atoms with E-state index in [0.29, 0.717) is 19.6 Å². The lowest BCUT2D eigenvalue weighted by molar-refractivity contribution is -0.117. The molecule has 4 heteroatoms. The molecule has 102 valence electrons. The maximum Gasteiger partial charge on any atom is 0.226 e. The van der Waals surface area contributed by atoms with Crippen LogP contribution >= 0.6 is 0 Å². The van der Waals surface area contributed by atoms with Gasteiger partial charge in [0.1, 0.15) is 6.61 Å². The van der Waals surface area contributed by atoms with Gasteiger partial charge in [0.25, 0.3) is 0 Å². The van der Waals surface area contributed by atoms with Crippen molar-refractivity contribution in [2.75, 3.05) is 25.1 Å². The number of aliphatic hydroxyl groups is 1. The highest BCUT2D eigenvalue weighted by Crippen LogP contribution is 2.16. The van der Waals surface area contributed by atoms with Crippen molar-refractivity contribution in [3.8, 4) is 11.8 Å². The Balaban J connectivity index is 2.62. The molecule has 1 aromatic carbocycles. The number of rotatable bonds is 5. The maximum absolute atomic E-state index is 11.6. The van der Waals surface area contributed by atoms with Crippen molar-refractivity contribution in [2.24, 2.45) is 0 Å². The van der Waals surface area contributed by atoms with Gasteiger partial charge in [-0.15, -0.1) is 0 Å². The van der Waals surface area contributed by atoms with Gasteiger partial charge < -0.3 is 15.2 Å². The molecule has 0 saturated heterocycles. The molecule has 0 aromatic heterocycles. The predicted molar refractivity (Wildman–Crippen MR) is 74.9 cm³/mol. The minimum atomic E-state index is -0.158. The number of carbonyl (C=O) groups is 1. The Labute approximate surface area is 113 Å². The zero-order chi connectivity index (χ0) is 14.1. The number of ether oxygens (including phenoxy) is 1. The summed E-state index contributed by atoms with van der Waals surface area (Å²) < 4.78 is 5.13. The van der Waals surface area contributed by atoms with E-state index in [1.165, 1.54) is 0 Å². The summed E-state index contributed by atoms with van der Waals surface area (Å²) in [4.78, 5) is 11.6. The van der Waals surface area contributed by atoms with Gasteiger partial charge in [-0.25, -0.2) is 0 Å². The highest BCUT2D eigenvalue weighted by atomic mass is 16.5. The van der Waals surface area contributed by atoms with Crippen LogP contribution in [-0.2, 0) is 9.53 Å². The molecule has 0 aliphatic rings. The molecule has 0 aliphatic carbocycles. The average molecular weight is 261 g/mol. The summed E-state index contributed by atoms with van der Waals surface area (Å²) >= 11 is 0. The van der Waals surface area contributed by atoms with Gasteiger partial charge in [0.15, 0.2) is 0 Å². The van der Waals surface area contributed by atoms with E-state index < -0.39 is 0 Å². The van der Waals surface area contributed by atoms with Crippen LogP contribution in [0.1, 0.15) is 24.5 Å². The molecule has 4 nitrogen and oxygen atoms in total. The summed E-state index contributed by atoms with van der Waals surface area (Å²) in [6, 6.07) is 5.50. The molecule has 1 rings (SSSR count). The molecule has 0 atom stereocenters. The van der Waals surface area contributed by atoms with Crippen LogP contribution in [0.4, 0.5) is 5.69 Å². The molecular formula is C15H19NO3. The van der Waals surface area contributed by atoms with Gasteiger partial charge in [-0.2, -0.15) is 0 Å². The van der Waals surface area contributed by atoms with Gasteiger partial charge in [0.2, 0.25) is 5.91 Å². The van der Waals surface area contributed by atoms with Crippen LogP contribution in [-0.4, -0.2) is 30.8 Å². The minimum absolute atomic E-state index is 0.0641. The van der Waals surface area contributed by atoms with Crippen LogP contribution in [0, 0.1) is 18.8 Å². The quantitative estimate of drug-likeness (QED) is 0.626. The van der Waals surface area contributed by atoms with E-state index in [4.69, 9.17) is 9.84 Å². The van der Waals surface area contributed by atoms with Gasteiger partial charge in [0, 0.05) is 17.9 Å². The second kappa shape index (κ2) is 8.30. The van der Waals surface area contributed by atoms with Crippen molar-refractivity contribution >= 4 is 11.6 Å². The van der Waals surface area contributed by atoms with Crippen molar-refractivity contribution < 1.29 is 14.6 Å². The third-order valence-corrected chi connectivity index (χ3v) is 2.49. The van der Waals surface area contributed by atoms with Gasteiger partial charge in [-0.1, -0.05) is 11.8 Å². The third kappa shape index (κ3) is 5.56. The smallest absolute Gasteiger partial charge is 0.226 e. The number of aliphatic hydroxyl groups excluding tert-OH is 1. The Morgan fingerprint density at radius 2 is 2.26 bits per heavy atom. The molecule has 0 saturated carbocycles. The van der Waals surface area contributed by atoms with Crippen LogP contribution in [0.15, 0.2) is 18.2 Å². The van der Waals surface area contributed by atoms with E-state index in [0.717, 1.165) is 16.8 Å². The van der Waals surface area contributed by atoms with Gasteiger partial charge in [-0.3, -0.25) is 4.79 Å². The van der Waals surface area contributed by atoms with Crippen LogP contribution in [0.3, 0.4) is 0 Å². The molecule has 0 fully saturated rings. The Hall–Kier alpha value is -1.83. The first kappa shape index (κ1) is 15.2. The van der Waals surface area contributed by atoms with Crippen LogP contribution in [0.2, 0.25) is 0 Å². The molecule has 0 unspecified atom stereocenters. The Bertz CT molecular complexity index is 486. The molecule has 19 heavy (non-hydrogen) atoms. The predicted octanol–water partition coefficient (Wildman–Crippen LogP) is 1.70. The number of benzene rings is 1. The summed E-state index contributed by atoms with van der Waals surface area (Å²) in [7, 11) is 0. The average Bonchev–Trinajstić information content (AvgIpc) is 2.39. The summed E-state index contributed by atoms with van der Waals surface area (Å²) in [5.41, 5.74) is 2.53. The fourth-order valence-corrected chi connectivity index (χ4v) is 1.55. The summed E-state index contributed by atoms with van der Waals surface area (Å²) in [6.45, 7) is 4.69. The zero-order valence-corrected chi connectivity index (χ0v) is 11.3. The lowest BCUT2D eigenvalue weighted by Gasteiger charge is -2.08. The minimum Gasteiger partial charge on any atom is -0.384 e. The second-order valence-corrected chi connectivity index (χ2v) is 3.98. The van der Waals surface area contributed by atoms with Crippen molar-refractivity contribution in [3.63, 3.8) is 0 Å². The van der Waals surface area contributed by atoms with Crippen molar-refractivity contribution in [2.45, 2.75) is 20.3 Å². The number of hydrogen-bond donors (Lipinski definition) is 2. The molecule has 0 aliphatic heterocycles. The van der Waals surface area contributed by atoms with E-state index >= 15 is 0 Å². The van der Waals surface area contributed by atoms with E-state index in [9.17, 15) is 4.79 Å². The van der Waals surface area contributed by atoms with Crippen LogP contribution < -0.4 is 5.32 Å². The first-order valence-corrected chi connectivity index (χ1v) is 6.25. The summed E-state index contributed by atoms with van der Waals surface area (Å²) in [6.07, 6.45) is 0.347. The molecule has 0 heterocycles. The normalized spacial score (nSPS) is 9.63. The number of anilines is 1. The van der Waals surface area contributed by atoms with E-state index in [2.05, 4.69) is 17.2 Å². The van der Waals surface area contributed by atoms with Crippen molar-refractivity contribution in [1.29, 1.82) is 0 Å². The molecule has 2 N–H and O–H groups in total. The number of amides is 1. The number of aryl methyl sites for hydroxylation is 1. The molecule has 1 amide bonds. The highest BCUT2D eigenvalue weighted by molar-refractivity contribution is 5.91. The van der Waals surface area contributed by atoms with Gasteiger partial charge >= 0.3 is 0 Å². The van der Waals surface area contributed by atoms with Crippen LogP contribution in [0.5, 0.6) is 0 Å². The fourth-order valence-electron chi connectivity index (χ4n) is 1.55. The fraction of sp³-hybridized carbons (Fsp3) is 0.400. The third-order valence-electron chi connectivity index (χ3n) is 2.49. The standard InChI is InChI=1S/C15H19NO3/c1-3-19-10-8-15(18)16-14-7-6-13(5-4-9-17)11-12(14)2/h6-7,11,17H,3,8-10H2,1-2H3,(H,16,18). The van der Waals surface area contributed by atoms with E-state index in [-0.39, 0.29) is 12.5 Å². The van der Waals surface area contributed by atoms with Gasteiger partial charge in [0.05, 0.1) is 13.0 Å². The Kier molecular flexibility index (Phi) is 6.65. The molecule has 0 spiro atoms. The monoisotopic (exact) mass is 261 g/mol. The van der Waals surface area contributed by atoms with E-state index in [1.54, 1.807) is 0 Å². The second-order valence-electron chi connectivity index (χ2n) is 3.98. The van der Waals surface area contributed by atoms with E-state index in [1.807, 2.05) is 32.0 Å². The lowest BCUT2D eigenvalue weighted by atomic mass is 10.1. The SMILES string of the molecule is CCOCCC(=O)Nc1ccc(C#CCO)cc1C. The van der Waals surface area contributed by atoms with Crippen molar-refractivity contribution in [1.82, 2.24) is 0 Å². The number of hydrogen-bond acceptors (Lipinski definition) is 3. The lowest BCUT2D eigenvalue weighted by Crippen LogP contribution is -2.14. The molecule has 0 radical (unpaired) electrons. The summed E-state index contributed by atoms with van der Waals surface area (Å²) in [5, 5.41) is 11.5. The highest BCUT2D eigenvalue weighted by Gasteiger charge is 2.04. The van der Waals surface area contributed by atoms with Crippen LogP contribution in [0.25, 0.3) is 0 Å². The Morgan fingerprint density at radius 3 is 2.89 bits per heavy atom. The Morgan fingerprint density at radius 1 is 1.47 bits per heavy atom. The zero-order valence-electron chi connectivity index (χ0n) is 11.3. The largest absolute Gasteiger partial charge is 0.384 e. The molecule has 0 bridgehead atoms. The number of carbonyl (C=O) groups excluding carboxylic acids is 1. The van der Waals surface area contributed by atoms with Crippen molar-refractivity contribution in [3.05, 3.63) is 29.3 Å². The first-order chi connectivity index (χ1) is 9.17. The van der Waals surface area contributed by atoms with Gasteiger partial charge in [-0.05, 0) is 37.6 Å². The molecular weight excluding hydrogens is 242 g/mol.